The average Bonchev–Trinajstić information content (AvgIpc) is 2.60. The molecule has 2 N–H and O–H groups in total. The molecule has 0 bridgehead atoms. The van der Waals surface area contributed by atoms with Gasteiger partial charge in [0.15, 0.2) is 5.96 Å². The summed E-state index contributed by atoms with van der Waals surface area (Å²) in [6.45, 7) is 10.1. The molecule has 0 fully saturated rings. The van der Waals surface area contributed by atoms with E-state index in [1.807, 2.05) is 25.1 Å². The van der Waals surface area contributed by atoms with Gasteiger partial charge in [-0.2, -0.15) is 0 Å². The van der Waals surface area contributed by atoms with Gasteiger partial charge in [-0.05, 0) is 51.3 Å². The van der Waals surface area contributed by atoms with Gasteiger partial charge in [0.05, 0.1) is 19.8 Å². The predicted molar refractivity (Wildman–Crippen MR) is 103 cm³/mol. The van der Waals surface area contributed by atoms with Crippen LogP contribution in [0.15, 0.2) is 40.9 Å². The fraction of sp³-hybridized carbons (Fsp3) is 0.550. The molecule has 0 amide bonds. The maximum atomic E-state index is 5.94. The molecule has 2 rings (SSSR count). The van der Waals surface area contributed by atoms with Gasteiger partial charge in [-0.1, -0.05) is 23.8 Å². The Morgan fingerprint density at radius 3 is 2.96 bits per heavy atom. The van der Waals surface area contributed by atoms with Gasteiger partial charge in [-0.15, -0.1) is 0 Å². The molecule has 1 atom stereocenters. The van der Waals surface area contributed by atoms with Crippen LogP contribution < -0.4 is 15.4 Å². The number of guanidine groups is 1. The van der Waals surface area contributed by atoms with Crippen LogP contribution in [0.1, 0.15) is 32.3 Å². The summed E-state index contributed by atoms with van der Waals surface area (Å²) in [6.07, 6.45) is 4.28. The van der Waals surface area contributed by atoms with Crippen molar-refractivity contribution >= 4 is 5.96 Å². The van der Waals surface area contributed by atoms with Crippen molar-refractivity contribution in [2.45, 2.75) is 39.7 Å². The van der Waals surface area contributed by atoms with Gasteiger partial charge in [0.1, 0.15) is 11.9 Å². The zero-order chi connectivity index (χ0) is 17.9. The van der Waals surface area contributed by atoms with Crippen LogP contribution in [0.4, 0.5) is 0 Å². The van der Waals surface area contributed by atoms with E-state index in [9.17, 15) is 0 Å². The number of benzene rings is 1. The molecule has 1 aliphatic rings. The maximum absolute atomic E-state index is 5.94. The largest absolute Gasteiger partial charge is 0.489 e. The molecule has 5 nitrogen and oxygen atoms in total. The van der Waals surface area contributed by atoms with Crippen molar-refractivity contribution in [1.82, 2.24) is 10.6 Å². The molecule has 1 aromatic rings. The summed E-state index contributed by atoms with van der Waals surface area (Å²) in [5.41, 5.74) is 2.66. The monoisotopic (exact) mass is 345 g/mol. The van der Waals surface area contributed by atoms with Gasteiger partial charge in [0.25, 0.3) is 0 Å². The summed E-state index contributed by atoms with van der Waals surface area (Å²) in [7, 11) is 0. The highest BCUT2D eigenvalue weighted by atomic mass is 16.5. The SMILES string of the molecule is CCNC(=NCC(C)Oc1cccc(C)c1)NCCC1=CCOCC1. The number of rotatable bonds is 8. The third-order valence-electron chi connectivity index (χ3n) is 3.97. The second-order valence-electron chi connectivity index (χ2n) is 6.33. The minimum Gasteiger partial charge on any atom is -0.489 e. The molecule has 0 aromatic heterocycles. The van der Waals surface area contributed by atoms with Gasteiger partial charge in [-0.3, -0.25) is 0 Å². The van der Waals surface area contributed by atoms with Gasteiger partial charge in [0.2, 0.25) is 0 Å². The first kappa shape index (κ1) is 19.3. The molecule has 1 aliphatic heterocycles. The minimum atomic E-state index is 0.0236. The first-order chi connectivity index (χ1) is 12.2. The molecule has 0 spiro atoms. The molecule has 0 radical (unpaired) electrons. The highest BCUT2D eigenvalue weighted by Gasteiger charge is 2.06. The number of aliphatic imine (C=N–C) groups is 1. The first-order valence-electron chi connectivity index (χ1n) is 9.18. The first-order valence-corrected chi connectivity index (χ1v) is 9.18. The molecule has 0 saturated heterocycles. The molecule has 1 aromatic carbocycles. The summed E-state index contributed by atoms with van der Waals surface area (Å²) in [6, 6.07) is 8.11. The Balaban J connectivity index is 1.78. The van der Waals surface area contributed by atoms with E-state index in [1.165, 1.54) is 11.1 Å². The molecule has 25 heavy (non-hydrogen) atoms. The van der Waals surface area contributed by atoms with Crippen molar-refractivity contribution in [1.29, 1.82) is 0 Å². The lowest BCUT2D eigenvalue weighted by Gasteiger charge is -2.17. The molecule has 5 heteroatoms. The van der Waals surface area contributed by atoms with Crippen LogP contribution in [-0.4, -0.2) is 44.9 Å². The molecule has 0 saturated carbocycles. The lowest BCUT2D eigenvalue weighted by molar-refractivity contribution is 0.153. The van der Waals surface area contributed by atoms with Crippen LogP contribution in [0, 0.1) is 6.92 Å². The average molecular weight is 345 g/mol. The molecule has 1 unspecified atom stereocenters. The molecule has 138 valence electrons. The van der Waals surface area contributed by atoms with E-state index >= 15 is 0 Å². The van der Waals surface area contributed by atoms with Crippen molar-refractivity contribution < 1.29 is 9.47 Å². The normalized spacial score (nSPS) is 16.1. The maximum Gasteiger partial charge on any atom is 0.191 e. The van der Waals surface area contributed by atoms with E-state index in [1.54, 1.807) is 0 Å². The second kappa shape index (κ2) is 10.8. The number of hydrogen-bond donors (Lipinski definition) is 2. The quantitative estimate of drug-likeness (QED) is 0.432. The number of nitrogens with one attached hydrogen (secondary N) is 2. The Bertz CT molecular complexity index is 584. The van der Waals surface area contributed by atoms with Gasteiger partial charge in [0, 0.05) is 13.1 Å². The van der Waals surface area contributed by atoms with Crippen LogP contribution in [0.5, 0.6) is 5.75 Å². The molecular weight excluding hydrogens is 314 g/mol. The number of aryl methyl sites for hydroxylation is 1. The van der Waals surface area contributed by atoms with Crippen LogP contribution in [-0.2, 0) is 4.74 Å². The lowest BCUT2D eigenvalue weighted by atomic mass is 10.1. The Labute approximate surface area is 151 Å². The van der Waals surface area contributed by atoms with Crippen LogP contribution in [0.2, 0.25) is 0 Å². The van der Waals surface area contributed by atoms with Crippen molar-refractivity contribution in [2.75, 3.05) is 32.8 Å². The third-order valence-corrected chi connectivity index (χ3v) is 3.97. The predicted octanol–water partition coefficient (Wildman–Crippen LogP) is 3.05. The lowest BCUT2D eigenvalue weighted by Crippen LogP contribution is -2.38. The van der Waals surface area contributed by atoms with E-state index in [0.29, 0.717) is 6.54 Å². The van der Waals surface area contributed by atoms with E-state index < -0.39 is 0 Å². The topological polar surface area (TPSA) is 54.9 Å². The molecule has 1 heterocycles. The summed E-state index contributed by atoms with van der Waals surface area (Å²) in [5.74, 6) is 1.74. The number of hydrogen-bond acceptors (Lipinski definition) is 3. The summed E-state index contributed by atoms with van der Waals surface area (Å²) < 4.78 is 11.3. The molecular formula is C20H31N3O2. The smallest absolute Gasteiger partial charge is 0.191 e. The van der Waals surface area contributed by atoms with Gasteiger partial charge in [-0.25, -0.2) is 4.99 Å². The Morgan fingerprint density at radius 1 is 1.36 bits per heavy atom. The van der Waals surface area contributed by atoms with Crippen molar-refractivity contribution in [3.8, 4) is 5.75 Å². The van der Waals surface area contributed by atoms with Crippen molar-refractivity contribution in [2.24, 2.45) is 4.99 Å². The molecule has 0 aliphatic carbocycles. The summed E-state index contributed by atoms with van der Waals surface area (Å²) >= 11 is 0. The Morgan fingerprint density at radius 2 is 2.24 bits per heavy atom. The van der Waals surface area contributed by atoms with Crippen LogP contribution in [0.3, 0.4) is 0 Å². The highest BCUT2D eigenvalue weighted by molar-refractivity contribution is 5.79. The van der Waals surface area contributed by atoms with Crippen LogP contribution >= 0.6 is 0 Å². The van der Waals surface area contributed by atoms with E-state index in [4.69, 9.17) is 9.47 Å². The number of ether oxygens (including phenoxy) is 2. The third kappa shape index (κ3) is 7.61. The fourth-order valence-corrected chi connectivity index (χ4v) is 2.65. The van der Waals surface area contributed by atoms with Crippen molar-refractivity contribution in [3.05, 3.63) is 41.5 Å². The summed E-state index contributed by atoms with van der Waals surface area (Å²) in [4.78, 5) is 4.64. The van der Waals surface area contributed by atoms with E-state index in [-0.39, 0.29) is 6.10 Å². The second-order valence-corrected chi connectivity index (χ2v) is 6.33. The van der Waals surface area contributed by atoms with E-state index in [2.05, 4.69) is 41.6 Å². The summed E-state index contributed by atoms with van der Waals surface area (Å²) in [5, 5.41) is 6.69. The van der Waals surface area contributed by atoms with Crippen molar-refractivity contribution in [3.63, 3.8) is 0 Å². The fourth-order valence-electron chi connectivity index (χ4n) is 2.65. The number of nitrogens with zero attached hydrogens (tertiary/aromatic N) is 1. The van der Waals surface area contributed by atoms with E-state index in [0.717, 1.165) is 50.9 Å². The zero-order valence-corrected chi connectivity index (χ0v) is 15.7. The van der Waals surface area contributed by atoms with Gasteiger partial charge < -0.3 is 20.1 Å². The zero-order valence-electron chi connectivity index (χ0n) is 15.7. The van der Waals surface area contributed by atoms with Gasteiger partial charge >= 0.3 is 0 Å². The Kier molecular flexibility index (Phi) is 8.32. The standard InChI is InChI=1S/C20H31N3O2/c1-4-21-20(22-11-8-18-9-12-24-13-10-18)23-15-17(3)25-19-7-5-6-16(2)14-19/h5-7,9,14,17H,4,8,10-13,15H2,1-3H3,(H2,21,22,23). The Hall–Kier alpha value is -2.01. The van der Waals surface area contributed by atoms with Crippen LogP contribution in [0.25, 0.3) is 0 Å². The highest BCUT2D eigenvalue weighted by Crippen LogP contribution is 2.14. The minimum absolute atomic E-state index is 0.0236.